The molecule has 12 rings (SSSR count). The number of hydrogen-bond donors (Lipinski definition) is 0. The molecule has 0 fully saturated rings. The van der Waals surface area contributed by atoms with Crippen molar-refractivity contribution in [2.45, 2.75) is 0 Å². The first-order chi connectivity index (χ1) is 29.3. The Hall–Kier alpha value is -7.88. The van der Waals surface area contributed by atoms with Crippen molar-refractivity contribution in [1.82, 2.24) is 4.57 Å². The summed E-state index contributed by atoms with van der Waals surface area (Å²) in [5, 5.41) is 9.67. The van der Waals surface area contributed by atoms with E-state index >= 15 is 0 Å². The fourth-order valence-electron chi connectivity index (χ4n) is 9.25. The van der Waals surface area contributed by atoms with Crippen LogP contribution >= 0.6 is 0 Å². The molecule has 0 radical (unpaired) electrons. The standard InChI is InChI=1S/C56H36N2O/c1-2-13-37(14-3-1)39-29-32-43(33-30-39)57(52-25-12-23-48-47-20-7-9-26-53(47)59-56(48)52)44-18-11-19-45(36-44)58-50-24-8-6-21-49(50)55-51(58)34-31-40-17-10-22-46(54(40)55)42-28-27-38-15-4-5-16-41(38)35-42/h1-36H. The van der Waals surface area contributed by atoms with Crippen molar-refractivity contribution in [1.29, 1.82) is 0 Å². The van der Waals surface area contributed by atoms with Gasteiger partial charge in [-0.1, -0.05) is 158 Å². The summed E-state index contributed by atoms with van der Waals surface area (Å²) in [7, 11) is 0. The fourth-order valence-corrected chi connectivity index (χ4v) is 9.25. The zero-order valence-corrected chi connectivity index (χ0v) is 32.1. The van der Waals surface area contributed by atoms with Gasteiger partial charge in [0.25, 0.3) is 0 Å². The maximum Gasteiger partial charge on any atom is 0.159 e. The highest BCUT2D eigenvalue weighted by Crippen LogP contribution is 2.45. The predicted octanol–water partition coefficient (Wildman–Crippen LogP) is 15.8. The normalized spacial score (nSPS) is 11.7. The van der Waals surface area contributed by atoms with Crippen molar-refractivity contribution >= 4 is 82.4 Å². The lowest BCUT2D eigenvalue weighted by Crippen LogP contribution is -2.11. The van der Waals surface area contributed by atoms with E-state index in [4.69, 9.17) is 4.42 Å². The number of furan rings is 1. The number of para-hydroxylation sites is 3. The molecule has 2 aromatic heterocycles. The van der Waals surface area contributed by atoms with Gasteiger partial charge >= 0.3 is 0 Å². The summed E-state index contributed by atoms with van der Waals surface area (Å²) in [4.78, 5) is 2.34. The van der Waals surface area contributed by atoms with Gasteiger partial charge in [-0.05, 0) is 104 Å². The minimum atomic E-state index is 0.857. The highest BCUT2D eigenvalue weighted by atomic mass is 16.3. The van der Waals surface area contributed by atoms with Gasteiger partial charge in [-0.25, -0.2) is 0 Å². The average molecular weight is 753 g/mol. The van der Waals surface area contributed by atoms with Crippen molar-refractivity contribution in [3.05, 3.63) is 218 Å². The van der Waals surface area contributed by atoms with E-state index in [-0.39, 0.29) is 0 Å². The fraction of sp³-hybridized carbons (Fsp3) is 0. The van der Waals surface area contributed by atoms with Crippen LogP contribution in [0.4, 0.5) is 17.1 Å². The lowest BCUT2D eigenvalue weighted by Gasteiger charge is -2.26. The smallest absolute Gasteiger partial charge is 0.159 e. The van der Waals surface area contributed by atoms with E-state index in [1.54, 1.807) is 0 Å². The maximum absolute atomic E-state index is 6.68. The van der Waals surface area contributed by atoms with Crippen LogP contribution in [0.2, 0.25) is 0 Å². The van der Waals surface area contributed by atoms with E-state index in [0.29, 0.717) is 0 Å². The number of aromatic nitrogens is 1. The molecule has 0 aliphatic carbocycles. The minimum absolute atomic E-state index is 0.857. The zero-order valence-electron chi connectivity index (χ0n) is 32.1. The first-order valence-electron chi connectivity index (χ1n) is 20.2. The van der Waals surface area contributed by atoms with Crippen molar-refractivity contribution in [2.75, 3.05) is 4.90 Å². The van der Waals surface area contributed by atoms with Gasteiger partial charge in [0.2, 0.25) is 0 Å². The molecule has 12 aromatic rings. The highest BCUT2D eigenvalue weighted by Gasteiger charge is 2.22. The summed E-state index contributed by atoms with van der Waals surface area (Å²) in [6.07, 6.45) is 0. The van der Waals surface area contributed by atoms with Crippen LogP contribution in [0.3, 0.4) is 0 Å². The molecule has 2 heterocycles. The first-order valence-corrected chi connectivity index (χ1v) is 20.2. The molecular weight excluding hydrogens is 717 g/mol. The average Bonchev–Trinajstić information content (AvgIpc) is 3.86. The Morgan fingerprint density at radius 3 is 1.95 bits per heavy atom. The van der Waals surface area contributed by atoms with Crippen LogP contribution in [0.5, 0.6) is 0 Å². The topological polar surface area (TPSA) is 21.3 Å². The molecule has 10 aromatic carbocycles. The molecule has 0 aliphatic rings. The van der Waals surface area contributed by atoms with Gasteiger partial charge in [0.15, 0.2) is 5.58 Å². The molecule has 0 unspecified atom stereocenters. The number of hydrogen-bond acceptors (Lipinski definition) is 2. The molecule has 3 heteroatoms. The van der Waals surface area contributed by atoms with Crippen molar-refractivity contribution < 1.29 is 4.42 Å². The molecular formula is C56H36N2O. The Morgan fingerprint density at radius 1 is 0.373 bits per heavy atom. The molecule has 0 amide bonds. The highest BCUT2D eigenvalue weighted by molar-refractivity contribution is 6.25. The van der Waals surface area contributed by atoms with E-state index in [1.807, 2.05) is 6.07 Å². The zero-order chi connectivity index (χ0) is 38.9. The SMILES string of the molecule is c1ccc(-c2ccc(N(c3cccc(-n4c5ccccc5c5c6c(-c7ccc8ccccc8c7)cccc6ccc54)c3)c3cccc4c3oc3ccccc34)cc2)cc1. The van der Waals surface area contributed by atoms with Gasteiger partial charge in [-0.2, -0.15) is 0 Å². The van der Waals surface area contributed by atoms with Crippen LogP contribution in [0, 0.1) is 0 Å². The van der Waals surface area contributed by atoms with Crippen LogP contribution < -0.4 is 4.90 Å². The molecule has 0 atom stereocenters. The summed E-state index contributed by atoms with van der Waals surface area (Å²) in [6, 6.07) is 78.7. The second kappa shape index (κ2) is 13.4. The lowest BCUT2D eigenvalue weighted by atomic mass is 9.93. The third-order valence-corrected chi connectivity index (χ3v) is 11.9. The maximum atomic E-state index is 6.68. The summed E-state index contributed by atoms with van der Waals surface area (Å²) in [5.74, 6) is 0. The van der Waals surface area contributed by atoms with Gasteiger partial charge in [0.05, 0.1) is 16.7 Å². The van der Waals surface area contributed by atoms with Crippen molar-refractivity contribution in [2.24, 2.45) is 0 Å². The van der Waals surface area contributed by atoms with E-state index in [9.17, 15) is 0 Å². The summed E-state index contributed by atoms with van der Waals surface area (Å²) in [5.41, 5.74) is 13.0. The van der Waals surface area contributed by atoms with Crippen molar-refractivity contribution in [3.63, 3.8) is 0 Å². The van der Waals surface area contributed by atoms with Gasteiger partial charge < -0.3 is 13.9 Å². The van der Waals surface area contributed by atoms with E-state index in [0.717, 1.165) is 44.7 Å². The minimum Gasteiger partial charge on any atom is -0.454 e. The van der Waals surface area contributed by atoms with Crippen LogP contribution in [0.25, 0.3) is 93.2 Å². The van der Waals surface area contributed by atoms with Crippen LogP contribution in [0.1, 0.15) is 0 Å². The van der Waals surface area contributed by atoms with E-state index in [1.165, 1.54) is 65.6 Å². The quantitative estimate of drug-likeness (QED) is 0.169. The number of rotatable bonds is 6. The van der Waals surface area contributed by atoms with E-state index < -0.39 is 0 Å². The molecule has 0 spiro atoms. The third kappa shape index (κ3) is 5.36. The number of benzene rings is 10. The molecule has 0 aliphatic heterocycles. The number of nitrogens with zero attached hydrogens (tertiary/aromatic N) is 2. The molecule has 0 saturated heterocycles. The van der Waals surface area contributed by atoms with Gasteiger partial charge in [0.1, 0.15) is 5.58 Å². The Bertz CT molecular complexity index is 3560. The molecule has 0 saturated carbocycles. The molecule has 0 bridgehead atoms. The molecule has 0 N–H and O–H groups in total. The number of anilines is 3. The Morgan fingerprint density at radius 2 is 1.05 bits per heavy atom. The van der Waals surface area contributed by atoms with Gasteiger partial charge in [-0.3, -0.25) is 0 Å². The molecule has 3 nitrogen and oxygen atoms in total. The Balaban J connectivity index is 1.08. The third-order valence-electron chi connectivity index (χ3n) is 11.9. The second-order valence-electron chi connectivity index (χ2n) is 15.3. The van der Waals surface area contributed by atoms with Gasteiger partial charge in [0, 0.05) is 38.6 Å². The summed E-state index contributed by atoms with van der Waals surface area (Å²) < 4.78 is 9.12. The van der Waals surface area contributed by atoms with E-state index in [2.05, 4.69) is 222 Å². The monoisotopic (exact) mass is 752 g/mol. The lowest BCUT2D eigenvalue weighted by molar-refractivity contribution is 0.669. The summed E-state index contributed by atoms with van der Waals surface area (Å²) >= 11 is 0. The first kappa shape index (κ1) is 33.3. The molecule has 59 heavy (non-hydrogen) atoms. The molecule has 276 valence electrons. The Kier molecular flexibility index (Phi) is 7.54. The van der Waals surface area contributed by atoms with Crippen LogP contribution in [0.15, 0.2) is 223 Å². The summed E-state index contributed by atoms with van der Waals surface area (Å²) in [6.45, 7) is 0. The largest absolute Gasteiger partial charge is 0.454 e. The van der Waals surface area contributed by atoms with Crippen LogP contribution in [-0.2, 0) is 0 Å². The second-order valence-corrected chi connectivity index (χ2v) is 15.3. The van der Waals surface area contributed by atoms with Crippen LogP contribution in [-0.4, -0.2) is 4.57 Å². The predicted molar refractivity (Wildman–Crippen MR) is 249 cm³/mol. The van der Waals surface area contributed by atoms with Crippen molar-refractivity contribution in [3.8, 4) is 27.9 Å². The Labute approximate surface area is 341 Å². The van der Waals surface area contributed by atoms with Gasteiger partial charge in [-0.15, -0.1) is 0 Å². The number of fused-ring (bicyclic) bond motifs is 9.